The summed E-state index contributed by atoms with van der Waals surface area (Å²) in [6.07, 6.45) is 1.89. The largest absolute Gasteiger partial charge is 0.328 e. The minimum absolute atomic E-state index is 0.0264. The summed E-state index contributed by atoms with van der Waals surface area (Å²) in [5, 5.41) is 3.12. The van der Waals surface area contributed by atoms with Crippen LogP contribution in [0, 0.1) is 17.2 Å². The zero-order chi connectivity index (χ0) is 17.5. The first-order valence-electron chi connectivity index (χ1n) is 7.89. The third-order valence-corrected chi connectivity index (χ3v) is 4.59. The maximum atomic E-state index is 14.0. The Morgan fingerprint density at radius 3 is 2.71 bits per heavy atom. The number of nitrogens with one attached hydrogen (secondary N) is 3. The zero-order valence-corrected chi connectivity index (χ0v) is 14.7. The van der Waals surface area contributed by atoms with E-state index >= 15 is 0 Å². The molecule has 7 heteroatoms. The number of rotatable bonds is 2. The molecule has 128 valence electrons. The molecule has 1 amide bonds. The van der Waals surface area contributed by atoms with Gasteiger partial charge in [0.2, 0.25) is 0 Å². The van der Waals surface area contributed by atoms with Gasteiger partial charge in [-0.25, -0.2) is 9.29 Å². The topological polar surface area (TPSA) is 56.4 Å². The van der Waals surface area contributed by atoms with Crippen LogP contribution in [0.15, 0.2) is 36.0 Å². The van der Waals surface area contributed by atoms with Crippen molar-refractivity contribution in [3.63, 3.8) is 0 Å². The van der Waals surface area contributed by atoms with Crippen molar-refractivity contribution in [1.82, 2.24) is 16.2 Å². The Labute approximate surface area is 146 Å². The van der Waals surface area contributed by atoms with Crippen LogP contribution in [0.5, 0.6) is 0 Å². The minimum atomic E-state index is -0.479. The molecule has 2 aliphatic rings. The predicted molar refractivity (Wildman–Crippen MR) is 95.6 cm³/mol. The lowest BCUT2D eigenvalue weighted by molar-refractivity contribution is -0.113. The average molecular weight is 348 g/mol. The summed E-state index contributed by atoms with van der Waals surface area (Å²) in [5.74, 6) is -0.683. The Morgan fingerprint density at radius 2 is 2.04 bits per heavy atom. The van der Waals surface area contributed by atoms with Gasteiger partial charge in [-0.1, -0.05) is 32.9 Å². The van der Waals surface area contributed by atoms with Gasteiger partial charge in [0.25, 0.3) is 5.91 Å². The van der Waals surface area contributed by atoms with Crippen LogP contribution in [0.4, 0.5) is 10.1 Å². The van der Waals surface area contributed by atoms with Crippen molar-refractivity contribution < 1.29 is 9.18 Å². The fraction of sp³-hybridized carbons (Fsp3) is 0.412. The standard InChI is InChI=1S/C17H21FN4OS/c1-17(2,3)14-10(9-19-21-14)8-12-15(23)22(16(24)20-12)13-7-5-4-6-11(13)18/h4-8,10,14,19,21H,9H2,1-3H3,(H,20,24)/b12-8-. The van der Waals surface area contributed by atoms with Gasteiger partial charge in [0.1, 0.15) is 11.5 Å². The van der Waals surface area contributed by atoms with Crippen LogP contribution in [0.3, 0.4) is 0 Å². The van der Waals surface area contributed by atoms with E-state index in [2.05, 4.69) is 36.9 Å². The third kappa shape index (κ3) is 3.07. The Balaban J connectivity index is 1.88. The number of carbonyl (C=O) groups is 1. The van der Waals surface area contributed by atoms with Gasteiger partial charge in [0.05, 0.1) is 5.69 Å². The monoisotopic (exact) mass is 348 g/mol. The van der Waals surface area contributed by atoms with Gasteiger partial charge < -0.3 is 5.32 Å². The molecule has 24 heavy (non-hydrogen) atoms. The highest BCUT2D eigenvalue weighted by Gasteiger charge is 2.38. The molecule has 0 aliphatic carbocycles. The van der Waals surface area contributed by atoms with Gasteiger partial charge in [-0.15, -0.1) is 0 Å². The number of hydrogen-bond donors (Lipinski definition) is 3. The van der Waals surface area contributed by atoms with E-state index in [0.717, 1.165) is 0 Å². The highest BCUT2D eigenvalue weighted by atomic mass is 32.1. The molecule has 0 saturated carbocycles. The van der Waals surface area contributed by atoms with E-state index in [4.69, 9.17) is 12.2 Å². The molecule has 1 aromatic rings. The van der Waals surface area contributed by atoms with Crippen LogP contribution in [0.2, 0.25) is 0 Å². The summed E-state index contributed by atoms with van der Waals surface area (Å²) >= 11 is 5.24. The molecule has 5 nitrogen and oxygen atoms in total. The van der Waals surface area contributed by atoms with E-state index in [-0.39, 0.29) is 34.1 Å². The summed E-state index contributed by atoms with van der Waals surface area (Å²) in [6, 6.07) is 6.29. The van der Waals surface area contributed by atoms with E-state index in [9.17, 15) is 9.18 Å². The smallest absolute Gasteiger partial charge is 0.280 e. The summed E-state index contributed by atoms with van der Waals surface area (Å²) in [5.41, 5.74) is 6.99. The van der Waals surface area contributed by atoms with Crippen molar-refractivity contribution in [2.45, 2.75) is 26.8 Å². The number of anilines is 1. The van der Waals surface area contributed by atoms with Crippen LogP contribution in [-0.4, -0.2) is 23.6 Å². The van der Waals surface area contributed by atoms with Gasteiger partial charge in [-0.2, -0.15) is 0 Å². The average Bonchev–Trinajstić information content (AvgIpc) is 3.06. The second kappa shape index (κ2) is 6.23. The molecule has 2 heterocycles. The molecule has 0 spiro atoms. The number of halogens is 1. The van der Waals surface area contributed by atoms with Gasteiger partial charge in [-0.3, -0.25) is 15.6 Å². The minimum Gasteiger partial charge on any atom is -0.328 e. The number of hydrogen-bond acceptors (Lipinski definition) is 4. The molecular formula is C17H21FN4OS. The number of carbonyl (C=O) groups excluding carboxylic acids is 1. The Bertz CT molecular complexity index is 713. The van der Waals surface area contributed by atoms with Crippen LogP contribution >= 0.6 is 12.2 Å². The normalized spacial score (nSPS) is 26.3. The highest BCUT2D eigenvalue weighted by molar-refractivity contribution is 7.80. The van der Waals surface area contributed by atoms with Crippen LogP contribution in [-0.2, 0) is 4.79 Å². The van der Waals surface area contributed by atoms with E-state index in [0.29, 0.717) is 12.2 Å². The van der Waals surface area contributed by atoms with Crippen molar-refractivity contribution in [1.29, 1.82) is 0 Å². The number of thiocarbonyl (C=S) groups is 1. The summed E-state index contributed by atoms with van der Waals surface area (Å²) in [4.78, 5) is 13.9. The molecular weight excluding hydrogens is 327 g/mol. The number of nitrogens with zero attached hydrogens (tertiary/aromatic N) is 1. The first-order chi connectivity index (χ1) is 11.3. The summed E-state index contributed by atoms with van der Waals surface area (Å²) in [6.45, 7) is 7.14. The molecule has 2 atom stereocenters. The van der Waals surface area contributed by atoms with Gasteiger partial charge in [0.15, 0.2) is 5.11 Å². The van der Waals surface area contributed by atoms with E-state index < -0.39 is 5.82 Å². The first kappa shape index (κ1) is 17.0. The molecule has 3 rings (SSSR count). The lowest BCUT2D eigenvalue weighted by atomic mass is 9.80. The van der Waals surface area contributed by atoms with Gasteiger partial charge in [-0.05, 0) is 35.8 Å². The Kier molecular flexibility index (Phi) is 4.42. The fourth-order valence-corrected chi connectivity index (χ4v) is 3.43. The molecule has 0 aromatic heterocycles. The van der Waals surface area contributed by atoms with Gasteiger partial charge >= 0.3 is 0 Å². The van der Waals surface area contributed by atoms with Gasteiger partial charge in [0, 0.05) is 18.5 Å². The quantitative estimate of drug-likeness (QED) is 0.564. The fourth-order valence-electron chi connectivity index (χ4n) is 3.14. The SMILES string of the molecule is CC(C)(C)C1NNCC1/C=C1\NC(=S)N(c2ccccc2F)C1=O. The first-order valence-corrected chi connectivity index (χ1v) is 8.30. The maximum absolute atomic E-state index is 14.0. The molecule has 2 saturated heterocycles. The van der Waals surface area contributed by atoms with Crippen LogP contribution in [0.25, 0.3) is 0 Å². The number of hydrazine groups is 1. The molecule has 3 N–H and O–H groups in total. The molecule has 2 unspecified atom stereocenters. The second-order valence-electron chi connectivity index (χ2n) is 7.14. The van der Waals surface area contributed by atoms with E-state index in [1.165, 1.54) is 11.0 Å². The second-order valence-corrected chi connectivity index (χ2v) is 7.52. The lowest BCUT2D eigenvalue weighted by Gasteiger charge is -2.30. The summed E-state index contributed by atoms with van der Waals surface area (Å²) in [7, 11) is 0. The van der Waals surface area contributed by atoms with Crippen molar-refractivity contribution in [3.8, 4) is 0 Å². The molecule has 2 fully saturated rings. The van der Waals surface area contributed by atoms with Crippen molar-refractivity contribution in [3.05, 3.63) is 41.9 Å². The number of para-hydroxylation sites is 1. The molecule has 1 aromatic carbocycles. The highest BCUT2D eigenvalue weighted by Crippen LogP contribution is 2.30. The van der Waals surface area contributed by atoms with Crippen molar-refractivity contribution >= 4 is 28.9 Å². The third-order valence-electron chi connectivity index (χ3n) is 4.31. The molecule has 0 bridgehead atoms. The zero-order valence-electron chi connectivity index (χ0n) is 13.9. The Hall–Kier alpha value is -1.83. The van der Waals surface area contributed by atoms with Crippen molar-refractivity contribution in [2.75, 3.05) is 11.4 Å². The molecule has 0 radical (unpaired) electrons. The Morgan fingerprint density at radius 1 is 1.33 bits per heavy atom. The van der Waals surface area contributed by atoms with E-state index in [1.54, 1.807) is 18.2 Å². The summed E-state index contributed by atoms with van der Waals surface area (Å²) < 4.78 is 14.0. The number of benzene rings is 1. The van der Waals surface area contributed by atoms with Crippen molar-refractivity contribution in [2.24, 2.45) is 11.3 Å². The lowest BCUT2D eigenvalue weighted by Crippen LogP contribution is -2.41. The van der Waals surface area contributed by atoms with Crippen LogP contribution < -0.4 is 21.1 Å². The maximum Gasteiger partial charge on any atom is 0.280 e. The van der Waals surface area contributed by atoms with E-state index in [1.807, 2.05) is 6.08 Å². The number of amides is 1. The van der Waals surface area contributed by atoms with Crippen LogP contribution in [0.1, 0.15) is 20.8 Å². The predicted octanol–water partition coefficient (Wildman–Crippen LogP) is 2.07. The molecule has 2 aliphatic heterocycles.